The number of nitrogens with one attached hydrogen (secondary N) is 1. The average Bonchev–Trinajstić information content (AvgIpc) is 2.11. The van der Waals surface area contributed by atoms with Crippen LogP contribution in [0.5, 0.6) is 0 Å². The normalized spacial score (nSPS) is 19.2. The van der Waals surface area contributed by atoms with Gasteiger partial charge in [0.15, 0.2) is 0 Å². The second-order valence-corrected chi connectivity index (χ2v) is 6.54. The SMILES string of the molecule is CCOC(=O)C(C(=O)NC(C)C1CCC1)C(C)(C)C. The van der Waals surface area contributed by atoms with Crippen LogP contribution in [-0.2, 0) is 14.3 Å². The molecule has 0 bridgehead atoms. The summed E-state index contributed by atoms with van der Waals surface area (Å²) in [5.41, 5.74) is -0.435. The Morgan fingerprint density at radius 2 is 1.89 bits per heavy atom. The Labute approximate surface area is 116 Å². The zero-order valence-electron chi connectivity index (χ0n) is 12.8. The fourth-order valence-electron chi connectivity index (χ4n) is 2.44. The second kappa shape index (κ2) is 6.40. The van der Waals surface area contributed by atoms with E-state index in [0.717, 1.165) is 0 Å². The molecule has 110 valence electrons. The number of rotatable bonds is 5. The molecule has 1 N–H and O–H groups in total. The number of hydrogen-bond acceptors (Lipinski definition) is 3. The third kappa shape index (κ3) is 4.22. The minimum atomic E-state index is -0.741. The van der Waals surface area contributed by atoms with E-state index in [1.807, 2.05) is 27.7 Å². The van der Waals surface area contributed by atoms with E-state index >= 15 is 0 Å². The Morgan fingerprint density at radius 1 is 1.32 bits per heavy atom. The maximum absolute atomic E-state index is 12.3. The number of hydrogen-bond donors (Lipinski definition) is 1. The molecule has 1 fully saturated rings. The summed E-state index contributed by atoms with van der Waals surface area (Å²) in [6.45, 7) is 9.75. The summed E-state index contributed by atoms with van der Waals surface area (Å²) in [6.07, 6.45) is 3.58. The molecular weight excluding hydrogens is 242 g/mol. The van der Waals surface area contributed by atoms with E-state index in [1.54, 1.807) is 6.92 Å². The molecular formula is C15H27NO3. The van der Waals surface area contributed by atoms with Crippen LogP contribution in [0.4, 0.5) is 0 Å². The van der Waals surface area contributed by atoms with Gasteiger partial charge in [0.2, 0.25) is 5.91 Å². The lowest BCUT2D eigenvalue weighted by Gasteiger charge is -2.34. The van der Waals surface area contributed by atoms with Gasteiger partial charge in [-0.25, -0.2) is 0 Å². The van der Waals surface area contributed by atoms with Crippen molar-refractivity contribution in [2.24, 2.45) is 17.3 Å². The Morgan fingerprint density at radius 3 is 2.26 bits per heavy atom. The Kier molecular flexibility index (Phi) is 5.39. The number of esters is 1. The lowest BCUT2D eigenvalue weighted by atomic mass is 9.78. The van der Waals surface area contributed by atoms with Crippen molar-refractivity contribution >= 4 is 11.9 Å². The molecule has 1 amide bonds. The summed E-state index contributed by atoms with van der Waals surface area (Å²) in [6, 6.07) is 0.139. The van der Waals surface area contributed by atoms with Crippen LogP contribution in [0.3, 0.4) is 0 Å². The summed E-state index contributed by atoms with van der Waals surface area (Å²) in [4.78, 5) is 24.3. The molecule has 4 heteroatoms. The molecule has 4 nitrogen and oxygen atoms in total. The zero-order chi connectivity index (χ0) is 14.6. The smallest absolute Gasteiger partial charge is 0.319 e. The van der Waals surface area contributed by atoms with E-state index in [4.69, 9.17) is 4.74 Å². The first kappa shape index (κ1) is 16.0. The maximum Gasteiger partial charge on any atom is 0.319 e. The third-order valence-electron chi connectivity index (χ3n) is 3.88. The van der Waals surface area contributed by atoms with Crippen molar-refractivity contribution in [2.75, 3.05) is 6.61 Å². The fourth-order valence-corrected chi connectivity index (χ4v) is 2.44. The van der Waals surface area contributed by atoms with Gasteiger partial charge in [-0.15, -0.1) is 0 Å². The van der Waals surface area contributed by atoms with Gasteiger partial charge in [-0.2, -0.15) is 0 Å². The maximum atomic E-state index is 12.3. The predicted octanol–water partition coefficient (Wildman–Crippen LogP) is 2.52. The summed E-state index contributed by atoms with van der Waals surface area (Å²) in [5.74, 6) is -0.805. The van der Waals surface area contributed by atoms with Crippen LogP contribution in [0.15, 0.2) is 0 Å². The van der Waals surface area contributed by atoms with Gasteiger partial charge in [0.25, 0.3) is 0 Å². The number of amides is 1. The van der Waals surface area contributed by atoms with E-state index in [0.29, 0.717) is 12.5 Å². The molecule has 0 aromatic carbocycles. The van der Waals surface area contributed by atoms with Crippen LogP contribution in [0.25, 0.3) is 0 Å². The molecule has 2 atom stereocenters. The highest BCUT2D eigenvalue weighted by Crippen LogP contribution is 2.31. The summed E-state index contributed by atoms with van der Waals surface area (Å²) < 4.78 is 5.03. The molecule has 0 aromatic rings. The van der Waals surface area contributed by atoms with Crippen LogP contribution < -0.4 is 5.32 Å². The standard InChI is InChI=1S/C15H27NO3/c1-6-19-14(18)12(15(3,4)5)13(17)16-10(2)11-8-7-9-11/h10-12H,6-9H2,1-5H3,(H,16,17). The lowest BCUT2D eigenvalue weighted by Crippen LogP contribution is -2.49. The van der Waals surface area contributed by atoms with Gasteiger partial charge >= 0.3 is 5.97 Å². The zero-order valence-corrected chi connectivity index (χ0v) is 12.8. The first-order valence-corrected chi connectivity index (χ1v) is 7.24. The minimum Gasteiger partial charge on any atom is -0.465 e. The van der Waals surface area contributed by atoms with Crippen molar-refractivity contribution in [3.8, 4) is 0 Å². The quantitative estimate of drug-likeness (QED) is 0.616. The summed E-state index contributed by atoms with van der Waals surface area (Å²) in [7, 11) is 0. The van der Waals surface area contributed by atoms with Crippen LogP contribution in [0.1, 0.15) is 53.9 Å². The molecule has 0 aromatic heterocycles. The average molecular weight is 269 g/mol. The first-order chi connectivity index (χ1) is 8.77. The van der Waals surface area contributed by atoms with Gasteiger partial charge in [0, 0.05) is 6.04 Å². The van der Waals surface area contributed by atoms with Gasteiger partial charge in [-0.05, 0) is 38.0 Å². The van der Waals surface area contributed by atoms with Crippen molar-refractivity contribution < 1.29 is 14.3 Å². The number of ether oxygens (including phenoxy) is 1. The van der Waals surface area contributed by atoms with Gasteiger partial charge in [0.05, 0.1) is 6.61 Å². The second-order valence-electron chi connectivity index (χ2n) is 6.54. The first-order valence-electron chi connectivity index (χ1n) is 7.24. The molecule has 1 aliphatic rings. The van der Waals surface area contributed by atoms with Crippen molar-refractivity contribution in [1.29, 1.82) is 0 Å². The largest absolute Gasteiger partial charge is 0.465 e. The highest BCUT2D eigenvalue weighted by Gasteiger charge is 2.40. The highest BCUT2D eigenvalue weighted by molar-refractivity contribution is 5.98. The monoisotopic (exact) mass is 269 g/mol. The lowest BCUT2D eigenvalue weighted by molar-refractivity contribution is -0.157. The molecule has 0 radical (unpaired) electrons. The van der Waals surface area contributed by atoms with Crippen molar-refractivity contribution in [1.82, 2.24) is 5.32 Å². The van der Waals surface area contributed by atoms with Crippen molar-refractivity contribution in [3.05, 3.63) is 0 Å². The molecule has 0 aliphatic heterocycles. The fraction of sp³-hybridized carbons (Fsp3) is 0.867. The van der Waals surface area contributed by atoms with E-state index in [-0.39, 0.29) is 11.9 Å². The highest BCUT2D eigenvalue weighted by atomic mass is 16.5. The Balaban J connectivity index is 2.68. The van der Waals surface area contributed by atoms with Crippen LogP contribution >= 0.6 is 0 Å². The van der Waals surface area contributed by atoms with Crippen molar-refractivity contribution in [2.45, 2.75) is 59.9 Å². The van der Waals surface area contributed by atoms with Crippen molar-refractivity contribution in [3.63, 3.8) is 0 Å². The van der Waals surface area contributed by atoms with E-state index in [9.17, 15) is 9.59 Å². The molecule has 1 saturated carbocycles. The molecule has 0 saturated heterocycles. The molecule has 1 rings (SSSR count). The third-order valence-corrected chi connectivity index (χ3v) is 3.88. The van der Waals surface area contributed by atoms with Gasteiger partial charge in [-0.1, -0.05) is 27.2 Å². The Hall–Kier alpha value is -1.06. The number of carbonyl (C=O) groups excluding carboxylic acids is 2. The van der Waals surface area contributed by atoms with E-state index in [2.05, 4.69) is 5.32 Å². The minimum absolute atomic E-state index is 0.139. The summed E-state index contributed by atoms with van der Waals surface area (Å²) in [5, 5.41) is 2.99. The Bertz CT molecular complexity index is 329. The molecule has 0 spiro atoms. The van der Waals surface area contributed by atoms with E-state index in [1.165, 1.54) is 19.3 Å². The van der Waals surface area contributed by atoms with Crippen LogP contribution in [0, 0.1) is 17.3 Å². The topological polar surface area (TPSA) is 55.4 Å². The molecule has 19 heavy (non-hydrogen) atoms. The number of carbonyl (C=O) groups is 2. The van der Waals surface area contributed by atoms with Gasteiger partial charge in [0.1, 0.15) is 5.92 Å². The predicted molar refractivity (Wildman–Crippen MR) is 74.5 cm³/mol. The van der Waals surface area contributed by atoms with Gasteiger partial charge in [-0.3, -0.25) is 9.59 Å². The van der Waals surface area contributed by atoms with E-state index < -0.39 is 17.3 Å². The van der Waals surface area contributed by atoms with Crippen LogP contribution in [0.2, 0.25) is 0 Å². The molecule has 0 heterocycles. The van der Waals surface area contributed by atoms with Crippen LogP contribution in [-0.4, -0.2) is 24.5 Å². The molecule has 2 unspecified atom stereocenters. The summed E-state index contributed by atoms with van der Waals surface area (Å²) >= 11 is 0. The molecule has 1 aliphatic carbocycles. The van der Waals surface area contributed by atoms with Gasteiger partial charge < -0.3 is 10.1 Å².